The second-order valence-corrected chi connectivity index (χ2v) is 9.94. The Morgan fingerprint density at radius 3 is 2.97 bits per heavy atom. The number of methoxy groups -OCH3 is 1. The molecule has 1 aliphatic carbocycles. The number of nitrogens with one attached hydrogen (secondary N) is 1. The van der Waals surface area contributed by atoms with Crippen LogP contribution >= 0.6 is 0 Å². The summed E-state index contributed by atoms with van der Waals surface area (Å²) in [4.78, 5) is 6.84. The lowest BCUT2D eigenvalue weighted by Gasteiger charge is -2.27. The van der Waals surface area contributed by atoms with Crippen molar-refractivity contribution in [3.63, 3.8) is 0 Å². The van der Waals surface area contributed by atoms with Gasteiger partial charge < -0.3 is 29.5 Å². The van der Waals surface area contributed by atoms with Crippen LogP contribution in [0.5, 0.6) is 5.75 Å². The molecule has 3 unspecified atom stereocenters. The van der Waals surface area contributed by atoms with E-state index in [0.717, 1.165) is 79.7 Å². The maximum Gasteiger partial charge on any atom is 0.147 e. The second kappa shape index (κ2) is 12.4. The van der Waals surface area contributed by atoms with Crippen molar-refractivity contribution >= 4 is 10.9 Å². The minimum Gasteiger partial charge on any atom is -0.497 e. The number of pyridine rings is 1. The Labute approximate surface area is 219 Å². The summed E-state index contributed by atoms with van der Waals surface area (Å²) in [5, 5.41) is 15.9. The number of aromatic nitrogens is 1. The van der Waals surface area contributed by atoms with Crippen LogP contribution in [0.4, 0.5) is 0 Å². The minimum absolute atomic E-state index is 0.160. The fourth-order valence-electron chi connectivity index (χ4n) is 5.50. The van der Waals surface area contributed by atoms with Gasteiger partial charge in [-0.25, -0.2) is 0 Å². The average Bonchev–Trinajstić information content (AvgIpc) is 3.18. The topological polar surface area (TPSA) is 76.1 Å². The van der Waals surface area contributed by atoms with Crippen molar-refractivity contribution in [1.82, 2.24) is 15.2 Å². The molecule has 196 valence electrons. The van der Waals surface area contributed by atoms with Gasteiger partial charge in [0.25, 0.3) is 0 Å². The quantitative estimate of drug-likeness (QED) is 0.500. The van der Waals surface area contributed by atoms with Crippen LogP contribution in [0.15, 0.2) is 78.8 Å². The maximum atomic E-state index is 11.2. The normalized spacial score (nSPS) is 21.8. The van der Waals surface area contributed by atoms with Crippen LogP contribution in [-0.4, -0.2) is 54.3 Å². The smallest absolute Gasteiger partial charge is 0.147 e. The van der Waals surface area contributed by atoms with Crippen molar-refractivity contribution < 1.29 is 19.3 Å². The highest BCUT2D eigenvalue weighted by molar-refractivity contribution is 5.83. The van der Waals surface area contributed by atoms with E-state index in [1.54, 1.807) is 32.1 Å². The predicted octanol–water partition coefficient (Wildman–Crippen LogP) is 4.97. The first kappa shape index (κ1) is 25.5. The van der Waals surface area contributed by atoms with E-state index in [4.69, 9.17) is 14.2 Å². The fourth-order valence-corrected chi connectivity index (χ4v) is 5.50. The van der Waals surface area contributed by atoms with Crippen molar-refractivity contribution in [2.24, 2.45) is 5.92 Å². The zero-order valence-corrected chi connectivity index (χ0v) is 21.5. The van der Waals surface area contributed by atoms with Crippen LogP contribution in [0.25, 0.3) is 10.9 Å². The first-order valence-corrected chi connectivity index (χ1v) is 13.3. The van der Waals surface area contributed by atoms with Crippen LogP contribution in [-0.2, 0) is 9.47 Å². The Bertz CT molecular complexity index is 1190. The zero-order valence-electron chi connectivity index (χ0n) is 21.5. The lowest BCUT2D eigenvalue weighted by molar-refractivity contribution is 0.115. The van der Waals surface area contributed by atoms with Gasteiger partial charge in [0.15, 0.2) is 0 Å². The molecule has 3 aliphatic rings. The van der Waals surface area contributed by atoms with Crippen molar-refractivity contribution in [3.8, 4) is 5.75 Å². The number of benzene rings is 1. The SMILES string of the molecule is COc1ccc2nccc(C(O)CN3CCCC(NCC(C4=CC=CCC4)C4=COC=CO4)CC3)c2c1. The number of hydrogen-bond acceptors (Lipinski definition) is 7. The first-order chi connectivity index (χ1) is 18.2. The third-order valence-electron chi connectivity index (χ3n) is 7.56. The van der Waals surface area contributed by atoms with E-state index in [0.29, 0.717) is 12.6 Å². The lowest BCUT2D eigenvalue weighted by atomic mass is 9.90. The molecule has 37 heavy (non-hydrogen) atoms. The molecule has 0 saturated carbocycles. The molecule has 0 amide bonds. The summed E-state index contributed by atoms with van der Waals surface area (Å²) in [6.07, 6.45) is 18.0. The molecule has 1 aromatic heterocycles. The Morgan fingerprint density at radius 1 is 1.22 bits per heavy atom. The van der Waals surface area contributed by atoms with Gasteiger partial charge in [0.05, 0.1) is 24.6 Å². The van der Waals surface area contributed by atoms with Gasteiger partial charge in [0.2, 0.25) is 0 Å². The summed E-state index contributed by atoms with van der Waals surface area (Å²) in [5.74, 6) is 1.79. The number of rotatable bonds is 9. The molecule has 5 rings (SSSR count). The third-order valence-corrected chi connectivity index (χ3v) is 7.56. The van der Waals surface area contributed by atoms with Gasteiger partial charge in [-0.3, -0.25) is 4.98 Å². The molecule has 2 N–H and O–H groups in total. The van der Waals surface area contributed by atoms with Gasteiger partial charge in [-0.1, -0.05) is 23.8 Å². The molecule has 2 aliphatic heterocycles. The highest BCUT2D eigenvalue weighted by atomic mass is 16.5. The molecule has 0 spiro atoms. The number of fused-ring (bicyclic) bond motifs is 1. The minimum atomic E-state index is -0.582. The summed E-state index contributed by atoms with van der Waals surface area (Å²) in [6, 6.07) is 8.15. The van der Waals surface area contributed by atoms with Crippen molar-refractivity contribution in [1.29, 1.82) is 0 Å². The molecule has 1 saturated heterocycles. The van der Waals surface area contributed by atoms with E-state index >= 15 is 0 Å². The molecule has 0 radical (unpaired) electrons. The van der Waals surface area contributed by atoms with Gasteiger partial charge in [-0.2, -0.15) is 0 Å². The van der Waals surface area contributed by atoms with E-state index in [1.165, 1.54) is 5.57 Å². The van der Waals surface area contributed by atoms with Gasteiger partial charge in [-0.05, 0) is 75.0 Å². The standard InChI is InChI=1S/C30H37N3O4/c1-35-24-9-10-28-26(18-24)25(11-13-31-28)29(34)20-33-14-5-8-23(12-15-33)32-19-27(22-6-3-2-4-7-22)30-21-36-16-17-37-30/h2-3,6,9-11,13,16-18,21,23,27,29,32,34H,4-5,7-8,12,14-15,19-20H2,1H3. The molecule has 7 nitrogen and oxygen atoms in total. The van der Waals surface area contributed by atoms with Gasteiger partial charge >= 0.3 is 0 Å². The summed E-state index contributed by atoms with van der Waals surface area (Å²) in [6.45, 7) is 3.35. The van der Waals surface area contributed by atoms with Gasteiger partial charge in [0, 0.05) is 30.7 Å². The first-order valence-electron chi connectivity index (χ1n) is 13.3. The number of allylic oxidation sites excluding steroid dienone is 3. The van der Waals surface area contributed by atoms with Gasteiger partial charge in [0.1, 0.15) is 30.3 Å². The monoisotopic (exact) mass is 503 g/mol. The molecule has 7 heteroatoms. The summed E-state index contributed by atoms with van der Waals surface area (Å²) in [7, 11) is 1.66. The number of β-amino-alcohol motifs (C(OH)–C–C–N with tert-alkyl or cyclic N) is 1. The molecule has 3 heterocycles. The molecule has 0 bridgehead atoms. The molecule has 3 atom stereocenters. The number of aliphatic hydroxyl groups excluding tert-OH is 1. The molecule has 1 fully saturated rings. The van der Waals surface area contributed by atoms with Crippen molar-refractivity contribution in [2.45, 2.75) is 44.2 Å². The maximum absolute atomic E-state index is 11.2. The van der Waals surface area contributed by atoms with Crippen LogP contribution in [0.3, 0.4) is 0 Å². The second-order valence-electron chi connectivity index (χ2n) is 9.94. The number of likely N-dealkylation sites (tertiary alicyclic amines) is 1. The van der Waals surface area contributed by atoms with Crippen molar-refractivity contribution in [3.05, 3.63) is 84.4 Å². The highest BCUT2D eigenvalue weighted by Crippen LogP contribution is 2.30. The Hall–Kier alpha value is -3.13. The molecule has 2 aromatic rings. The van der Waals surface area contributed by atoms with E-state index in [9.17, 15) is 5.11 Å². The largest absolute Gasteiger partial charge is 0.497 e. The zero-order chi connectivity index (χ0) is 25.5. The van der Waals surface area contributed by atoms with Crippen LogP contribution < -0.4 is 10.1 Å². The predicted molar refractivity (Wildman–Crippen MR) is 145 cm³/mol. The molecular weight excluding hydrogens is 466 g/mol. The Kier molecular flexibility index (Phi) is 8.56. The van der Waals surface area contributed by atoms with E-state index < -0.39 is 6.10 Å². The summed E-state index contributed by atoms with van der Waals surface area (Å²) >= 11 is 0. The van der Waals surface area contributed by atoms with Gasteiger partial charge in [-0.15, -0.1) is 0 Å². The lowest BCUT2D eigenvalue weighted by Crippen LogP contribution is -2.36. The number of nitrogens with zero attached hydrogens (tertiary/aromatic N) is 2. The fraction of sp³-hybridized carbons (Fsp3) is 0.433. The number of ether oxygens (including phenoxy) is 3. The van der Waals surface area contributed by atoms with Crippen LogP contribution in [0.1, 0.15) is 43.8 Å². The highest BCUT2D eigenvalue weighted by Gasteiger charge is 2.25. The number of aliphatic hydroxyl groups is 1. The van der Waals surface area contributed by atoms with E-state index in [-0.39, 0.29) is 5.92 Å². The van der Waals surface area contributed by atoms with E-state index in [2.05, 4.69) is 33.4 Å². The number of hydrogen-bond donors (Lipinski definition) is 2. The average molecular weight is 504 g/mol. The molecule has 1 aromatic carbocycles. The third kappa shape index (κ3) is 6.42. The van der Waals surface area contributed by atoms with Crippen LogP contribution in [0, 0.1) is 5.92 Å². The van der Waals surface area contributed by atoms with E-state index in [1.807, 2.05) is 24.3 Å². The Morgan fingerprint density at radius 2 is 2.16 bits per heavy atom. The molecular formula is C30H37N3O4. The Balaban J connectivity index is 1.18. The van der Waals surface area contributed by atoms with Crippen LogP contribution in [0.2, 0.25) is 0 Å². The summed E-state index contributed by atoms with van der Waals surface area (Å²) < 4.78 is 16.6. The van der Waals surface area contributed by atoms with Crippen molar-refractivity contribution in [2.75, 3.05) is 33.3 Å². The summed E-state index contributed by atoms with van der Waals surface area (Å²) in [5.41, 5.74) is 3.14.